The average molecular weight is 222 g/mol. The van der Waals surface area contributed by atoms with E-state index in [0.29, 0.717) is 11.5 Å². The maximum absolute atomic E-state index is 10.2. The second-order valence-electron chi connectivity index (χ2n) is 2.96. The summed E-state index contributed by atoms with van der Waals surface area (Å²) < 4.78 is 15.3. The molecule has 0 N–H and O–H groups in total. The van der Waals surface area contributed by atoms with Crippen LogP contribution in [0.5, 0.6) is 11.5 Å². The number of methoxy groups -OCH3 is 2. The minimum Gasteiger partial charge on any atom is -0.493 e. The number of rotatable bonds is 6. The van der Waals surface area contributed by atoms with E-state index in [1.807, 2.05) is 6.07 Å². The molecule has 1 rings (SSSR count). The third kappa shape index (κ3) is 3.40. The van der Waals surface area contributed by atoms with Gasteiger partial charge in [-0.15, -0.1) is 0 Å². The number of aldehydes is 1. The first-order chi connectivity index (χ1) is 7.81. The topological polar surface area (TPSA) is 44.8 Å². The van der Waals surface area contributed by atoms with Gasteiger partial charge in [-0.1, -0.05) is 12.1 Å². The predicted molar refractivity (Wildman–Crippen MR) is 60.6 cm³/mol. The Balaban J connectivity index is 2.87. The first-order valence-electron chi connectivity index (χ1n) is 4.73. The zero-order valence-electron chi connectivity index (χ0n) is 9.30. The smallest absolute Gasteiger partial charge is 0.188 e. The van der Waals surface area contributed by atoms with E-state index >= 15 is 0 Å². The summed E-state index contributed by atoms with van der Waals surface area (Å²) in [5.41, 5.74) is 0.869. The number of hydrogen-bond acceptors (Lipinski definition) is 4. The Morgan fingerprint density at radius 1 is 1.25 bits per heavy atom. The van der Waals surface area contributed by atoms with Crippen LogP contribution in [0.2, 0.25) is 0 Å². The molecular weight excluding hydrogens is 208 g/mol. The predicted octanol–water partition coefficient (Wildman–Crippen LogP) is 1.89. The molecule has 0 radical (unpaired) electrons. The van der Waals surface area contributed by atoms with Crippen LogP contribution in [0.1, 0.15) is 5.56 Å². The molecule has 0 spiro atoms. The summed E-state index contributed by atoms with van der Waals surface area (Å²) >= 11 is 0. The van der Waals surface area contributed by atoms with Crippen LogP contribution in [-0.4, -0.2) is 27.3 Å². The van der Waals surface area contributed by atoms with Gasteiger partial charge in [0.05, 0.1) is 7.11 Å². The highest BCUT2D eigenvalue weighted by atomic mass is 16.7. The first kappa shape index (κ1) is 12.3. The Morgan fingerprint density at radius 2 is 2.06 bits per heavy atom. The summed E-state index contributed by atoms with van der Waals surface area (Å²) in [6.45, 7) is 0.167. The van der Waals surface area contributed by atoms with Crippen LogP contribution in [0.25, 0.3) is 6.08 Å². The minimum absolute atomic E-state index is 0.167. The maximum Gasteiger partial charge on any atom is 0.188 e. The van der Waals surface area contributed by atoms with E-state index in [2.05, 4.69) is 0 Å². The van der Waals surface area contributed by atoms with Crippen molar-refractivity contribution in [2.24, 2.45) is 0 Å². The lowest BCUT2D eigenvalue weighted by molar-refractivity contribution is -0.104. The lowest BCUT2D eigenvalue weighted by Gasteiger charge is -2.10. The molecule has 0 fully saturated rings. The molecule has 0 aliphatic rings. The van der Waals surface area contributed by atoms with Crippen LogP contribution < -0.4 is 9.47 Å². The van der Waals surface area contributed by atoms with E-state index < -0.39 is 0 Å². The molecule has 0 aromatic heterocycles. The van der Waals surface area contributed by atoms with Crippen molar-refractivity contribution in [1.82, 2.24) is 0 Å². The van der Waals surface area contributed by atoms with Gasteiger partial charge in [-0.2, -0.15) is 0 Å². The van der Waals surface area contributed by atoms with Gasteiger partial charge in [-0.3, -0.25) is 4.79 Å². The number of carbonyl (C=O) groups is 1. The van der Waals surface area contributed by atoms with Gasteiger partial charge in [-0.25, -0.2) is 0 Å². The summed E-state index contributed by atoms with van der Waals surface area (Å²) in [6, 6.07) is 5.38. The van der Waals surface area contributed by atoms with Gasteiger partial charge in [-0.05, 0) is 23.8 Å². The quantitative estimate of drug-likeness (QED) is 0.419. The zero-order chi connectivity index (χ0) is 11.8. The molecule has 0 aliphatic heterocycles. The van der Waals surface area contributed by atoms with Crippen LogP contribution in [0, 0.1) is 0 Å². The molecule has 0 amide bonds. The molecular formula is C12H14O4. The summed E-state index contributed by atoms with van der Waals surface area (Å²) in [7, 11) is 3.11. The fourth-order valence-corrected chi connectivity index (χ4v) is 1.18. The van der Waals surface area contributed by atoms with Crippen LogP contribution in [0.3, 0.4) is 0 Å². The standard InChI is InChI=1S/C12H14O4/c1-14-9-16-11-6-5-10(4-3-7-13)8-12(11)15-2/h3-8H,9H2,1-2H3. The molecule has 4 heteroatoms. The Labute approximate surface area is 94.4 Å². The molecule has 0 heterocycles. The summed E-state index contributed by atoms with van der Waals surface area (Å²) in [5, 5.41) is 0. The third-order valence-corrected chi connectivity index (χ3v) is 1.89. The van der Waals surface area contributed by atoms with E-state index in [1.54, 1.807) is 32.4 Å². The fraction of sp³-hybridized carbons (Fsp3) is 0.250. The van der Waals surface area contributed by atoms with E-state index in [1.165, 1.54) is 6.08 Å². The van der Waals surface area contributed by atoms with Gasteiger partial charge in [0.2, 0.25) is 0 Å². The number of benzene rings is 1. The Morgan fingerprint density at radius 3 is 2.69 bits per heavy atom. The Kier molecular flexibility index (Phi) is 5.08. The average Bonchev–Trinajstić information content (AvgIpc) is 2.34. The molecule has 0 bridgehead atoms. The number of ether oxygens (including phenoxy) is 3. The highest BCUT2D eigenvalue weighted by Gasteiger charge is 2.03. The highest BCUT2D eigenvalue weighted by Crippen LogP contribution is 2.28. The van der Waals surface area contributed by atoms with Crippen molar-refractivity contribution in [1.29, 1.82) is 0 Å². The molecule has 0 saturated heterocycles. The SMILES string of the molecule is COCOc1ccc(C=CC=O)cc1OC. The van der Waals surface area contributed by atoms with Crippen molar-refractivity contribution in [3.63, 3.8) is 0 Å². The second-order valence-corrected chi connectivity index (χ2v) is 2.96. The maximum atomic E-state index is 10.2. The van der Waals surface area contributed by atoms with Crippen molar-refractivity contribution >= 4 is 12.4 Å². The fourth-order valence-electron chi connectivity index (χ4n) is 1.18. The van der Waals surface area contributed by atoms with Crippen LogP contribution in [0.4, 0.5) is 0 Å². The summed E-state index contributed by atoms with van der Waals surface area (Å²) in [6.07, 6.45) is 3.84. The monoisotopic (exact) mass is 222 g/mol. The van der Waals surface area contributed by atoms with Gasteiger partial charge in [0.15, 0.2) is 18.3 Å². The van der Waals surface area contributed by atoms with Crippen LogP contribution >= 0.6 is 0 Å². The van der Waals surface area contributed by atoms with Crippen molar-refractivity contribution in [2.45, 2.75) is 0 Å². The van der Waals surface area contributed by atoms with Gasteiger partial charge in [0.1, 0.15) is 6.29 Å². The van der Waals surface area contributed by atoms with Crippen molar-refractivity contribution < 1.29 is 19.0 Å². The number of hydrogen-bond donors (Lipinski definition) is 0. The number of allylic oxidation sites excluding steroid dienone is 1. The van der Waals surface area contributed by atoms with E-state index in [0.717, 1.165) is 11.8 Å². The lowest BCUT2D eigenvalue weighted by atomic mass is 10.2. The lowest BCUT2D eigenvalue weighted by Crippen LogP contribution is -2.00. The van der Waals surface area contributed by atoms with Crippen molar-refractivity contribution in [2.75, 3.05) is 21.0 Å². The summed E-state index contributed by atoms with van der Waals surface area (Å²) in [4.78, 5) is 10.2. The zero-order valence-corrected chi connectivity index (χ0v) is 9.30. The Bertz CT molecular complexity index is 371. The molecule has 0 atom stereocenters. The van der Waals surface area contributed by atoms with E-state index in [9.17, 15) is 4.79 Å². The normalized spacial score (nSPS) is 10.4. The molecule has 4 nitrogen and oxygen atoms in total. The molecule has 86 valence electrons. The Hall–Kier alpha value is -1.81. The van der Waals surface area contributed by atoms with Gasteiger partial charge in [0.25, 0.3) is 0 Å². The van der Waals surface area contributed by atoms with Crippen molar-refractivity contribution in [3.05, 3.63) is 29.8 Å². The molecule has 1 aromatic rings. The molecule has 0 unspecified atom stereocenters. The van der Waals surface area contributed by atoms with Crippen LogP contribution in [-0.2, 0) is 9.53 Å². The third-order valence-electron chi connectivity index (χ3n) is 1.89. The first-order valence-corrected chi connectivity index (χ1v) is 4.73. The molecule has 1 aromatic carbocycles. The second kappa shape index (κ2) is 6.63. The van der Waals surface area contributed by atoms with Gasteiger partial charge in [0, 0.05) is 7.11 Å². The minimum atomic E-state index is 0.167. The molecule has 0 aliphatic carbocycles. The van der Waals surface area contributed by atoms with Gasteiger partial charge >= 0.3 is 0 Å². The van der Waals surface area contributed by atoms with E-state index in [4.69, 9.17) is 14.2 Å². The van der Waals surface area contributed by atoms with Gasteiger partial charge < -0.3 is 14.2 Å². The largest absolute Gasteiger partial charge is 0.493 e. The van der Waals surface area contributed by atoms with Crippen molar-refractivity contribution in [3.8, 4) is 11.5 Å². The van der Waals surface area contributed by atoms with E-state index in [-0.39, 0.29) is 6.79 Å². The summed E-state index contributed by atoms with van der Waals surface area (Å²) in [5.74, 6) is 1.21. The molecule has 0 saturated carbocycles. The van der Waals surface area contributed by atoms with Crippen LogP contribution in [0.15, 0.2) is 24.3 Å². The number of carbonyl (C=O) groups excluding carboxylic acids is 1. The highest BCUT2D eigenvalue weighted by molar-refractivity contribution is 5.74. The molecule has 16 heavy (non-hydrogen) atoms.